The molecule has 2 heterocycles. The van der Waals surface area contributed by atoms with Crippen LogP contribution in [0.1, 0.15) is 22.5 Å². The SMILES string of the molecule is Cc1ccc(OCC(=O)N(Cc2cccnc2)Cc2ccco2)c(C)c1. The van der Waals surface area contributed by atoms with Crippen molar-refractivity contribution in [3.8, 4) is 5.75 Å². The molecule has 26 heavy (non-hydrogen) atoms. The molecule has 0 spiro atoms. The Bertz CT molecular complexity index is 845. The molecule has 0 saturated carbocycles. The lowest BCUT2D eigenvalue weighted by atomic mass is 10.1. The Hall–Kier alpha value is -3.08. The Kier molecular flexibility index (Phi) is 5.69. The number of aryl methyl sites for hydroxylation is 2. The predicted octanol–water partition coefficient (Wildman–Crippen LogP) is 3.90. The summed E-state index contributed by atoms with van der Waals surface area (Å²) < 4.78 is 11.2. The second-order valence-corrected chi connectivity index (χ2v) is 6.25. The van der Waals surface area contributed by atoms with Crippen LogP contribution in [0.15, 0.2) is 65.5 Å². The molecular formula is C21H22N2O3. The number of carbonyl (C=O) groups excluding carboxylic acids is 1. The van der Waals surface area contributed by atoms with Crippen LogP contribution in [0.2, 0.25) is 0 Å². The maximum Gasteiger partial charge on any atom is 0.261 e. The zero-order valence-electron chi connectivity index (χ0n) is 15.0. The summed E-state index contributed by atoms with van der Waals surface area (Å²) in [5.41, 5.74) is 3.14. The summed E-state index contributed by atoms with van der Waals surface area (Å²) in [7, 11) is 0. The molecule has 2 aromatic heterocycles. The average molecular weight is 350 g/mol. The van der Waals surface area contributed by atoms with Crippen LogP contribution in [-0.2, 0) is 17.9 Å². The smallest absolute Gasteiger partial charge is 0.261 e. The van der Waals surface area contributed by atoms with Crippen molar-refractivity contribution in [1.29, 1.82) is 0 Å². The molecule has 0 aliphatic carbocycles. The minimum Gasteiger partial charge on any atom is -0.483 e. The number of nitrogens with zero attached hydrogens (tertiary/aromatic N) is 2. The van der Waals surface area contributed by atoms with E-state index in [1.807, 2.05) is 56.3 Å². The summed E-state index contributed by atoms with van der Waals surface area (Å²) in [5.74, 6) is 1.35. The topological polar surface area (TPSA) is 55.6 Å². The first-order valence-corrected chi connectivity index (χ1v) is 8.51. The van der Waals surface area contributed by atoms with Gasteiger partial charge in [-0.05, 0) is 49.2 Å². The minimum atomic E-state index is -0.106. The number of ether oxygens (including phenoxy) is 1. The lowest BCUT2D eigenvalue weighted by molar-refractivity contribution is -0.134. The highest BCUT2D eigenvalue weighted by molar-refractivity contribution is 5.77. The maximum absolute atomic E-state index is 12.8. The Morgan fingerprint density at radius 3 is 2.73 bits per heavy atom. The number of hydrogen-bond donors (Lipinski definition) is 0. The number of rotatable bonds is 7. The zero-order chi connectivity index (χ0) is 18.4. The van der Waals surface area contributed by atoms with Crippen LogP contribution in [0, 0.1) is 13.8 Å². The van der Waals surface area contributed by atoms with Gasteiger partial charge in [0, 0.05) is 18.9 Å². The molecule has 0 saturated heterocycles. The molecule has 5 heteroatoms. The molecule has 0 bridgehead atoms. The van der Waals surface area contributed by atoms with E-state index in [-0.39, 0.29) is 12.5 Å². The minimum absolute atomic E-state index is 0.0229. The van der Waals surface area contributed by atoms with Crippen molar-refractivity contribution in [2.45, 2.75) is 26.9 Å². The van der Waals surface area contributed by atoms with E-state index < -0.39 is 0 Å². The molecule has 0 N–H and O–H groups in total. The molecule has 0 aliphatic rings. The standard InChI is InChI=1S/C21H22N2O3/c1-16-7-8-20(17(2)11-16)26-15-21(24)23(14-19-6-4-10-25-19)13-18-5-3-9-22-12-18/h3-12H,13-15H2,1-2H3. The van der Waals surface area contributed by atoms with E-state index in [4.69, 9.17) is 9.15 Å². The van der Waals surface area contributed by atoms with Gasteiger partial charge < -0.3 is 14.1 Å². The van der Waals surface area contributed by atoms with E-state index in [0.717, 1.165) is 28.2 Å². The zero-order valence-corrected chi connectivity index (χ0v) is 15.0. The Labute approximate surface area is 153 Å². The highest BCUT2D eigenvalue weighted by Crippen LogP contribution is 2.19. The van der Waals surface area contributed by atoms with E-state index in [2.05, 4.69) is 4.98 Å². The van der Waals surface area contributed by atoms with Crippen LogP contribution in [0.3, 0.4) is 0 Å². The van der Waals surface area contributed by atoms with Gasteiger partial charge in [0.2, 0.25) is 0 Å². The van der Waals surface area contributed by atoms with Gasteiger partial charge in [-0.2, -0.15) is 0 Å². The molecule has 0 radical (unpaired) electrons. The first-order valence-electron chi connectivity index (χ1n) is 8.51. The lowest BCUT2D eigenvalue weighted by Gasteiger charge is -2.22. The molecule has 0 atom stereocenters. The van der Waals surface area contributed by atoms with Crippen molar-refractivity contribution in [2.24, 2.45) is 0 Å². The number of hydrogen-bond acceptors (Lipinski definition) is 4. The van der Waals surface area contributed by atoms with Crippen LogP contribution >= 0.6 is 0 Å². The van der Waals surface area contributed by atoms with Gasteiger partial charge in [0.1, 0.15) is 11.5 Å². The quantitative estimate of drug-likeness (QED) is 0.648. The Morgan fingerprint density at radius 2 is 2.04 bits per heavy atom. The van der Waals surface area contributed by atoms with Crippen molar-refractivity contribution < 1.29 is 13.9 Å². The molecule has 1 amide bonds. The van der Waals surface area contributed by atoms with Crippen molar-refractivity contribution in [2.75, 3.05) is 6.61 Å². The van der Waals surface area contributed by atoms with Gasteiger partial charge in [-0.15, -0.1) is 0 Å². The second kappa shape index (κ2) is 8.34. The first kappa shape index (κ1) is 17.7. The fraction of sp³-hybridized carbons (Fsp3) is 0.238. The third-order valence-corrected chi connectivity index (χ3v) is 4.06. The van der Waals surface area contributed by atoms with Gasteiger partial charge >= 0.3 is 0 Å². The van der Waals surface area contributed by atoms with Crippen LogP contribution < -0.4 is 4.74 Å². The van der Waals surface area contributed by atoms with E-state index in [0.29, 0.717) is 13.1 Å². The number of amides is 1. The van der Waals surface area contributed by atoms with Crippen LogP contribution in [0.5, 0.6) is 5.75 Å². The largest absolute Gasteiger partial charge is 0.483 e. The van der Waals surface area contributed by atoms with E-state index in [9.17, 15) is 4.79 Å². The summed E-state index contributed by atoms with van der Waals surface area (Å²) in [6.07, 6.45) is 5.08. The van der Waals surface area contributed by atoms with E-state index >= 15 is 0 Å². The predicted molar refractivity (Wildman–Crippen MR) is 98.6 cm³/mol. The van der Waals surface area contributed by atoms with Crippen molar-refractivity contribution >= 4 is 5.91 Å². The third kappa shape index (κ3) is 4.72. The fourth-order valence-corrected chi connectivity index (χ4v) is 2.73. The van der Waals surface area contributed by atoms with Crippen molar-refractivity contribution in [3.63, 3.8) is 0 Å². The number of benzene rings is 1. The Morgan fingerprint density at radius 1 is 1.15 bits per heavy atom. The van der Waals surface area contributed by atoms with Gasteiger partial charge in [0.15, 0.2) is 6.61 Å². The number of carbonyl (C=O) groups is 1. The van der Waals surface area contributed by atoms with Gasteiger partial charge in [-0.1, -0.05) is 23.8 Å². The summed E-state index contributed by atoms with van der Waals surface area (Å²) in [5, 5.41) is 0. The molecule has 0 unspecified atom stereocenters. The third-order valence-electron chi connectivity index (χ3n) is 4.06. The molecule has 1 aromatic carbocycles. The van der Waals surface area contributed by atoms with Gasteiger partial charge in [0.05, 0.1) is 12.8 Å². The molecule has 0 fully saturated rings. The first-order chi connectivity index (χ1) is 12.6. The Balaban J connectivity index is 1.69. The summed E-state index contributed by atoms with van der Waals surface area (Å²) in [6.45, 7) is 4.81. The monoisotopic (exact) mass is 350 g/mol. The summed E-state index contributed by atoms with van der Waals surface area (Å²) in [6, 6.07) is 13.4. The van der Waals surface area contributed by atoms with Gasteiger partial charge in [-0.25, -0.2) is 0 Å². The average Bonchev–Trinajstić information content (AvgIpc) is 3.14. The highest BCUT2D eigenvalue weighted by Gasteiger charge is 2.17. The number of aromatic nitrogens is 1. The van der Waals surface area contributed by atoms with E-state index in [1.54, 1.807) is 23.6 Å². The highest BCUT2D eigenvalue weighted by atomic mass is 16.5. The summed E-state index contributed by atoms with van der Waals surface area (Å²) in [4.78, 5) is 18.6. The van der Waals surface area contributed by atoms with Gasteiger partial charge in [0.25, 0.3) is 5.91 Å². The number of furan rings is 1. The molecular weight excluding hydrogens is 328 g/mol. The van der Waals surface area contributed by atoms with Crippen LogP contribution in [0.25, 0.3) is 0 Å². The molecule has 134 valence electrons. The van der Waals surface area contributed by atoms with E-state index in [1.165, 1.54) is 0 Å². The lowest BCUT2D eigenvalue weighted by Crippen LogP contribution is -2.34. The normalized spacial score (nSPS) is 10.5. The second-order valence-electron chi connectivity index (χ2n) is 6.25. The number of pyridine rings is 1. The van der Waals surface area contributed by atoms with Crippen molar-refractivity contribution in [3.05, 3.63) is 83.6 Å². The summed E-state index contributed by atoms with van der Waals surface area (Å²) >= 11 is 0. The molecule has 5 nitrogen and oxygen atoms in total. The molecule has 3 aromatic rings. The molecule has 0 aliphatic heterocycles. The van der Waals surface area contributed by atoms with Crippen molar-refractivity contribution in [1.82, 2.24) is 9.88 Å². The fourth-order valence-electron chi connectivity index (χ4n) is 2.73. The molecule has 3 rings (SSSR count). The maximum atomic E-state index is 12.8. The van der Waals surface area contributed by atoms with Gasteiger partial charge in [-0.3, -0.25) is 9.78 Å². The van der Waals surface area contributed by atoms with Crippen LogP contribution in [0.4, 0.5) is 0 Å². The van der Waals surface area contributed by atoms with Crippen LogP contribution in [-0.4, -0.2) is 22.4 Å².